The van der Waals surface area contributed by atoms with Crippen molar-refractivity contribution in [3.05, 3.63) is 48.3 Å². The maximum absolute atomic E-state index is 14.4. The average molecular weight is 441 g/mol. The van der Waals surface area contributed by atoms with Gasteiger partial charge in [-0.15, -0.1) is 0 Å². The average Bonchev–Trinajstić information content (AvgIpc) is 3.40. The molecule has 0 radical (unpaired) electrons. The molecule has 2 aromatic rings. The zero-order valence-electron chi connectivity index (χ0n) is 19.0. The first-order valence-corrected chi connectivity index (χ1v) is 11.9. The monoisotopic (exact) mass is 440 g/mol. The van der Waals surface area contributed by atoms with Gasteiger partial charge in [-0.3, -0.25) is 9.69 Å². The molecule has 172 valence electrons. The Morgan fingerprint density at radius 1 is 1.12 bits per heavy atom. The smallest absolute Gasteiger partial charge is 0.219 e. The third-order valence-corrected chi connectivity index (χ3v) is 7.87. The number of nitrogens with zero attached hydrogens (tertiary/aromatic N) is 4. The fourth-order valence-corrected chi connectivity index (χ4v) is 6.13. The number of amides is 1. The Hall–Kier alpha value is -2.41. The normalized spacial score (nSPS) is 29.2. The highest BCUT2D eigenvalue weighted by molar-refractivity contribution is 5.73. The number of benzene rings is 1. The van der Waals surface area contributed by atoms with Crippen LogP contribution in [0.5, 0.6) is 5.75 Å². The van der Waals surface area contributed by atoms with E-state index in [4.69, 9.17) is 4.74 Å². The highest BCUT2D eigenvalue weighted by Gasteiger charge is 2.45. The number of likely N-dealkylation sites (tertiary alicyclic amines) is 2. The van der Waals surface area contributed by atoms with Gasteiger partial charge in [-0.1, -0.05) is 12.1 Å². The van der Waals surface area contributed by atoms with Crippen molar-refractivity contribution in [1.82, 2.24) is 19.4 Å². The van der Waals surface area contributed by atoms with E-state index in [1.807, 2.05) is 30.3 Å². The number of piperidine rings is 1. The minimum atomic E-state index is -0.305. The summed E-state index contributed by atoms with van der Waals surface area (Å²) in [6.45, 7) is 7.59. The number of rotatable bonds is 4. The number of halogens is 1. The number of carbonyl (C=O) groups is 1. The molecule has 1 aromatic carbocycles. The standard InChI is InChI=1S/C25H33FN4O2/c1-17-27-9-12-30(17)23-13-19-15-29(21-7-10-28(11-8-21)18(2)31)16-20(19)14-25(23)32-24-6-4-3-5-22(24)26/h3-6,9,12,19-21,23,25H,7-8,10-11,13-16H2,1-2H3/t19-,20+,23-,25-/m0/s1. The lowest BCUT2D eigenvalue weighted by Crippen LogP contribution is -2.45. The Kier molecular flexibility index (Phi) is 5.93. The van der Waals surface area contributed by atoms with Crippen molar-refractivity contribution in [2.75, 3.05) is 26.2 Å². The predicted molar refractivity (Wildman–Crippen MR) is 120 cm³/mol. The largest absolute Gasteiger partial charge is 0.485 e. The molecular weight excluding hydrogens is 407 g/mol. The van der Waals surface area contributed by atoms with Gasteiger partial charge in [-0.25, -0.2) is 9.37 Å². The summed E-state index contributed by atoms with van der Waals surface area (Å²) in [5.74, 6) is 2.35. The van der Waals surface area contributed by atoms with E-state index in [1.54, 1.807) is 19.1 Å². The van der Waals surface area contributed by atoms with Gasteiger partial charge in [0.25, 0.3) is 0 Å². The van der Waals surface area contributed by atoms with Crippen LogP contribution < -0.4 is 4.74 Å². The molecule has 0 spiro atoms. The van der Waals surface area contributed by atoms with E-state index in [-0.39, 0.29) is 23.9 Å². The molecule has 3 fully saturated rings. The molecule has 4 atom stereocenters. The Balaban J connectivity index is 1.32. The van der Waals surface area contributed by atoms with Crippen LogP contribution in [0.4, 0.5) is 4.39 Å². The van der Waals surface area contributed by atoms with Crippen LogP contribution in [-0.2, 0) is 4.79 Å². The van der Waals surface area contributed by atoms with Crippen molar-refractivity contribution < 1.29 is 13.9 Å². The first kappa shape index (κ1) is 21.4. The quantitative estimate of drug-likeness (QED) is 0.728. The Morgan fingerprint density at radius 3 is 2.50 bits per heavy atom. The van der Waals surface area contributed by atoms with Gasteiger partial charge in [0.2, 0.25) is 5.91 Å². The number of hydrogen-bond donors (Lipinski definition) is 0. The van der Waals surface area contributed by atoms with E-state index < -0.39 is 0 Å². The van der Waals surface area contributed by atoms with E-state index >= 15 is 0 Å². The highest BCUT2D eigenvalue weighted by atomic mass is 19.1. The molecule has 2 saturated heterocycles. The summed E-state index contributed by atoms with van der Waals surface area (Å²) in [6.07, 6.45) is 7.83. The first-order chi connectivity index (χ1) is 15.5. The second-order valence-corrected chi connectivity index (χ2v) is 9.72. The molecule has 3 heterocycles. The molecule has 6 nitrogen and oxygen atoms in total. The van der Waals surface area contributed by atoms with Crippen molar-refractivity contribution in [3.8, 4) is 5.75 Å². The Labute approximate surface area is 189 Å². The number of hydrogen-bond acceptors (Lipinski definition) is 4. The lowest BCUT2D eigenvalue weighted by atomic mass is 9.77. The molecule has 7 heteroatoms. The Bertz CT molecular complexity index is 955. The van der Waals surface area contributed by atoms with Crippen LogP contribution in [0.15, 0.2) is 36.7 Å². The van der Waals surface area contributed by atoms with Crippen molar-refractivity contribution in [2.24, 2.45) is 11.8 Å². The van der Waals surface area contributed by atoms with E-state index in [0.29, 0.717) is 23.6 Å². The molecule has 3 aliphatic rings. The van der Waals surface area contributed by atoms with Gasteiger partial charge in [0.15, 0.2) is 11.6 Å². The fourth-order valence-electron chi connectivity index (χ4n) is 6.13. The molecule has 0 unspecified atom stereocenters. The van der Waals surface area contributed by atoms with Crippen LogP contribution >= 0.6 is 0 Å². The molecule has 0 bridgehead atoms. The molecule has 1 aromatic heterocycles. The number of imidazole rings is 1. The van der Waals surface area contributed by atoms with Gasteiger partial charge >= 0.3 is 0 Å². The number of aromatic nitrogens is 2. The van der Waals surface area contributed by atoms with Crippen LogP contribution in [0.3, 0.4) is 0 Å². The van der Waals surface area contributed by atoms with Gasteiger partial charge in [-0.2, -0.15) is 0 Å². The predicted octanol–water partition coefficient (Wildman–Crippen LogP) is 3.67. The third kappa shape index (κ3) is 4.15. The van der Waals surface area contributed by atoms with Gasteiger partial charge in [0.1, 0.15) is 11.9 Å². The van der Waals surface area contributed by atoms with Gasteiger partial charge in [-0.05, 0) is 56.6 Å². The van der Waals surface area contributed by atoms with Crippen LogP contribution in [0.25, 0.3) is 0 Å². The molecule has 32 heavy (non-hydrogen) atoms. The summed E-state index contributed by atoms with van der Waals surface area (Å²) in [7, 11) is 0. The topological polar surface area (TPSA) is 50.6 Å². The van der Waals surface area contributed by atoms with E-state index in [1.165, 1.54) is 6.07 Å². The Morgan fingerprint density at radius 2 is 1.84 bits per heavy atom. The lowest BCUT2D eigenvalue weighted by molar-refractivity contribution is -0.130. The maximum Gasteiger partial charge on any atom is 0.219 e. The fraction of sp³-hybridized carbons (Fsp3) is 0.600. The summed E-state index contributed by atoms with van der Waals surface area (Å²) in [4.78, 5) is 20.7. The summed E-state index contributed by atoms with van der Waals surface area (Å²) in [5.41, 5.74) is 0. The van der Waals surface area contributed by atoms with Gasteiger partial charge < -0.3 is 14.2 Å². The van der Waals surface area contributed by atoms with Crippen LogP contribution in [0.1, 0.15) is 44.5 Å². The van der Waals surface area contributed by atoms with Gasteiger partial charge in [0.05, 0.1) is 6.04 Å². The first-order valence-electron chi connectivity index (χ1n) is 11.9. The number of fused-ring (bicyclic) bond motifs is 1. The number of para-hydroxylation sites is 1. The van der Waals surface area contributed by atoms with E-state index in [9.17, 15) is 9.18 Å². The summed E-state index contributed by atoms with van der Waals surface area (Å²) in [6, 6.07) is 7.41. The molecule has 1 aliphatic carbocycles. The van der Waals surface area contributed by atoms with Crippen LogP contribution in [0.2, 0.25) is 0 Å². The summed E-state index contributed by atoms with van der Waals surface area (Å²) < 4.78 is 22.9. The van der Waals surface area contributed by atoms with Crippen molar-refractivity contribution in [2.45, 2.75) is 57.7 Å². The van der Waals surface area contributed by atoms with E-state index in [2.05, 4.69) is 14.5 Å². The highest BCUT2D eigenvalue weighted by Crippen LogP contribution is 2.44. The second kappa shape index (κ2) is 8.85. The number of aryl methyl sites for hydroxylation is 1. The van der Waals surface area contributed by atoms with Crippen molar-refractivity contribution in [3.63, 3.8) is 0 Å². The summed E-state index contributed by atoms with van der Waals surface area (Å²) >= 11 is 0. The molecular formula is C25H33FN4O2. The second-order valence-electron chi connectivity index (χ2n) is 9.72. The molecule has 1 amide bonds. The van der Waals surface area contributed by atoms with Crippen molar-refractivity contribution in [1.29, 1.82) is 0 Å². The minimum absolute atomic E-state index is 0.0828. The van der Waals surface area contributed by atoms with Crippen LogP contribution in [-0.4, -0.2) is 63.6 Å². The van der Waals surface area contributed by atoms with E-state index in [0.717, 1.165) is 57.7 Å². The molecule has 1 saturated carbocycles. The number of carbonyl (C=O) groups excluding carboxylic acids is 1. The van der Waals surface area contributed by atoms with Crippen molar-refractivity contribution >= 4 is 5.91 Å². The lowest BCUT2D eigenvalue weighted by Gasteiger charge is -2.39. The van der Waals surface area contributed by atoms with Crippen LogP contribution in [0, 0.1) is 24.6 Å². The molecule has 5 rings (SSSR count). The molecule has 0 N–H and O–H groups in total. The zero-order valence-corrected chi connectivity index (χ0v) is 19.0. The maximum atomic E-state index is 14.4. The SMILES string of the molecule is CC(=O)N1CCC(N2C[C@H]3C[C@H](Oc4ccccc4F)[C@@H](n4ccnc4C)C[C@H]3C2)CC1. The third-order valence-electron chi connectivity index (χ3n) is 7.87. The number of ether oxygens (including phenoxy) is 1. The summed E-state index contributed by atoms with van der Waals surface area (Å²) in [5, 5.41) is 0. The van der Waals surface area contributed by atoms with Gasteiger partial charge in [0, 0.05) is 51.5 Å². The minimum Gasteiger partial charge on any atom is -0.485 e. The zero-order chi connectivity index (χ0) is 22.2. The molecule has 2 aliphatic heterocycles.